The second kappa shape index (κ2) is 11.7. The van der Waals surface area contributed by atoms with Crippen molar-refractivity contribution in [3.05, 3.63) is 72.6 Å². The summed E-state index contributed by atoms with van der Waals surface area (Å²) in [5.74, 6) is -2.71. The predicted molar refractivity (Wildman–Crippen MR) is 116 cm³/mol. The molecule has 0 bridgehead atoms. The van der Waals surface area contributed by atoms with Gasteiger partial charge in [0.25, 0.3) is 10.8 Å². The SMILES string of the molecule is CC1=C(C(=O)OCCCO[N+](=O)[O-])C(c2cccc([N+](=O)[O-])c2)C(C(=O)OCC(C)O)=C(C)N1. The van der Waals surface area contributed by atoms with Crippen LogP contribution in [0.2, 0.25) is 0 Å². The molecule has 1 aromatic rings. The van der Waals surface area contributed by atoms with Crippen molar-refractivity contribution in [2.45, 2.75) is 39.2 Å². The monoisotopic (exact) mass is 479 g/mol. The van der Waals surface area contributed by atoms with E-state index >= 15 is 0 Å². The molecule has 0 saturated carbocycles. The van der Waals surface area contributed by atoms with Crippen molar-refractivity contribution in [3.8, 4) is 0 Å². The van der Waals surface area contributed by atoms with Crippen LogP contribution in [0.25, 0.3) is 0 Å². The molecule has 1 aliphatic heterocycles. The van der Waals surface area contributed by atoms with Crippen molar-refractivity contribution in [2.75, 3.05) is 19.8 Å². The number of carbonyl (C=O) groups is 2. The minimum atomic E-state index is -1.06. The number of nitrogens with one attached hydrogen (secondary N) is 1. The number of aliphatic hydroxyl groups is 1. The lowest BCUT2D eigenvalue weighted by Crippen LogP contribution is -2.33. The van der Waals surface area contributed by atoms with Crippen molar-refractivity contribution in [3.63, 3.8) is 0 Å². The molecule has 1 aliphatic rings. The quantitative estimate of drug-likeness (QED) is 0.205. The van der Waals surface area contributed by atoms with E-state index in [-0.39, 0.29) is 48.6 Å². The lowest BCUT2D eigenvalue weighted by Gasteiger charge is -2.30. The van der Waals surface area contributed by atoms with Gasteiger partial charge < -0.3 is 24.7 Å². The van der Waals surface area contributed by atoms with Crippen LogP contribution in [-0.2, 0) is 23.9 Å². The van der Waals surface area contributed by atoms with Crippen molar-refractivity contribution in [1.29, 1.82) is 0 Å². The molecule has 0 spiro atoms. The van der Waals surface area contributed by atoms with E-state index in [4.69, 9.17) is 9.47 Å². The van der Waals surface area contributed by atoms with Crippen LogP contribution in [0.1, 0.15) is 38.7 Å². The zero-order valence-corrected chi connectivity index (χ0v) is 18.8. The molecule has 0 amide bonds. The Labute approximate surface area is 194 Å². The summed E-state index contributed by atoms with van der Waals surface area (Å²) >= 11 is 0. The third-order valence-corrected chi connectivity index (χ3v) is 4.79. The smallest absolute Gasteiger partial charge is 0.336 e. The summed E-state index contributed by atoms with van der Waals surface area (Å²) in [6.45, 7) is 3.83. The van der Waals surface area contributed by atoms with Crippen LogP contribution in [0.3, 0.4) is 0 Å². The highest BCUT2D eigenvalue weighted by molar-refractivity contribution is 6.00. The number of esters is 2. The highest BCUT2D eigenvalue weighted by atomic mass is 16.9. The molecule has 13 nitrogen and oxygen atoms in total. The number of rotatable bonds is 11. The maximum atomic E-state index is 13.0. The fraction of sp³-hybridized carbons (Fsp3) is 0.429. The third-order valence-electron chi connectivity index (χ3n) is 4.79. The highest BCUT2D eigenvalue weighted by Gasteiger charge is 2.38. The van der Waals surface area contributed by atoms with Gasteiger partial charge in [0.05, 0.1) is 41.3 Å². The second-order valence-corrected chi connectivity index (χ2v) is 7.48. The Morgan fingerprint density at radius 2 is 1.71 bits per heavy atom. The van der Waals surface area contributed by atoms with Crippen LogP contribution >= 0.6 is 0 Å². The number of hydrogen-bond acceptors (Lipinski definition) is 11. The topological polar surface area (TPSA) is 180 Å². The van der Waals surface area contributed by atoms with Crippen molar-refractivity contribution < 1.29 is 39.0 Å². The van der Waals surface area contributed by atoms with Crippen molar-refractivity contribution in [2.24, 2.45) is 0 Å². The van der Waals surface area contributed by atoms with Gasteiger partial charge in [-0.3, -0.25) is 10.1 Å². The molecule has 13 heteroatoms. The van der Waals surface area contributed by atoms with Gasteiger partial charge in [0.15, 0.2) is 0 Å². The Morgan fingerprint density at radius 1 is 1.09 bits per heavy atom. The first-order valence-corrected chi connectivity index (χ1v) is 10.3. The lowest BCUT2D eigenvalue weighted by atomic mass is 9.80. The summed E-state index contributed by atoms with van der Waals surface area (Å²) in [6, 6.07) is 5.48. The number of ether oxygens (including phenoxy) is 2. The molecule has 2 atom stereocenters. The van der Waals surface area contributed by atoms with Crippen LogP contribution in [0.15, 0.2) is 46.8 Å². The Morgan fingerprint density at radius 3 is 2.26 bits per heavy atom. The summed E-state index contributed by atoms with van der Waals surface area (Å²) in [4.78, 5) is 51.1. The van der Waals surface area contributed by atoms with Gasteiger partial charge in [-0.15, -0.1) is 10.1 Å². The molecular formula is C21H25N3O10. The van der Waals surface area contributed by atoms with E-state index in [1.807, 2.05) is 0 Å². The van der Waals surface area contributed by atoms with Crippen LogP contribution in [0.5, 0.6) is 0 Å². The number of hydrogen-bond donors (Lipinski definition) is 2. The molecule has 2 rings (SSSR count). The Kier molecular flexibility index (Phi) is 9.07. The first kappa shape index (κ1) is 26.3. The first-order valence-electron chi connectivity index (χ1n) is 10.3. The molecule has 0 aliphatic carbocycles. The zero-order valence-electron chi connectivity index (χ0n) is 18.8. The first-order chi connectivity index (χ1) is 16.0. The zero-order chi connectivity index (χ0) is 25.4. The van der Waals surface area contributed by atoms with Crippen molar-refractivity contribution in [1.82, 2.24) is 5.32 Å². The van der Waals surface area contributed by atoms with Crippen LogP contribution in [0.4, 0.5) is 5.69 Å². The molecule has 184 valence electrons. The average molecular weight is 479 g/mol. The number of allylic oxidation sites excluding steroid dienone is 2. The van der Waals surface area contributed by atoms with Crippen molar-refractivity contribution >= 4 is 17.6 Å². The fourth-order valence-corrected chi connectivity index (χ4v) is 3.40. The van der Waals surface area contributed by atoms with E-state index in [9.17, 15) is 34.9 Å². The molecule has 1 heterocycles. The molecule has 1 aromatic carbocycles. The predicted octanol–water partition coefficient (Wildman–Crippen LogP) is 1.90. The largest absolute Gasteiger partial charge is 0.462 e. The molecule has 0 radical (unpaired) electrons. The van der Waals surface area contributed by atoms with Crippen LogP contribution in [0, 0.1) is 20.2 Å². The van der Waals surface area contributed by atoms with Gasteiger partial charge in [-0.1, -0.05) is 12.1 Å². The van der Waals surface area contributed by atoms with Crippen LogP contribution in [-0.4, -0.2) is 53.0 Å². The standard InChI is InChI=1S/C21H25N3O10/c1-12(25)11-33-21(27)18-14(3)22-13(2)17(20(26)32-8-5-9-34-24(30)31)19(18)15-6-4-7-16(10-15)23(28)29/h4,6-7,10,12,19,22,25H,5,8-9,11H2,1-3H3. The van der Waals surface area contributed by atoms with E-state index in [1.165, 1.54) is 31.2 Å². The van der Waals surface area contributed by atoms with Crippen LogP contribution < -0.4 is 5.32 Å². The normalized spacial score (nSPS) is 16.4. The van der Waals surface area contributed by atoms with E-state index < -0.39 is 34.0 Å². The summed E-state index contributed by atoms with van der Waals surface area (Å²) in [7, 11) is 0. The Balaban J connectivity index is 2.43. The number of carbonyl (C=O) groups excluding carboxylic acids is 2. The average Bonchev–Trinajstić information content (AvgIpc) is 2.76. The van der Waals surface area contributed by atoms with E-state index in [0.29, 0.717) is 11.4 Å². The van der Waals surface area contributed by atoms with Gasteiger partial charge in [-0.25, -0.2) is 9.59 Å². The highest BCUT2D eigenvalue weighted by Crippen LogP contribution is 2.40. The lowest BCUT2D eigenvalue weighted by molar-refractivity contribution is -0.757. The summed E-state index contributed by atoms with van der Waals surface area (Å²) < 4.78 is 10.4. The number of benzene rings is 1. The number of aliphatic hydroxyl groups excluding tert-OH is 1. The minimum Gasteiger partial charge on any atom is -0.462 e. The third kappa shape index (κ3) is 6.75. The van der Waals surface area contributed by atoms with Gasteiger partial charge >= 0.3 is 11.9 Å². The maximum absolute atomic E-state index is 13.0. The molecule has 0 saturated heterocycles. The van der Waals surface area contributed by atoms with Gasteiger partial charge in [-0.2, -0.15) is 0 Å². The van der Waals surface area contributed by atoms with Gasteiger partial charge in [0.1, 0.15) is 6.61 Å². The summed E-state index contributed by atoms with van der Waals surface area (Å²) in [6.07, 6.45) is -0.882. The molecular weight excluding hydrogens is 454 g/mol. The van der Waals surface area contributed by atoms with Gasteiger partial charge in [0.2, 0.25) is 0 Å². The fourth-order valence-electron chi connectivity index (χ4n) is 3.40. The van der Waals surface area contributed by atoms with Gasteiger partial charge in [-0.05, 0) is 26.3 Å². The molecule has 0 fully saturated rings. The second-order valence-electron chi connectivity index (χ2n) is 7.48. The van der Waals surface area contributed by atoms with E-state index in [2.05, 4.69) is 10.2 Å². The number of nitro groups is 1. The molecule has 34 heavy (non-hydrogen) atoms. The van der Waals surface area contributed by atoms with E-state index in [1.54, 1.807) is 13.8 Å². The Bertz CT molecular complexity index is 1030. The summed E-state index contributed by atoms with van der Waals surface area (Å²) in [5.41, 5.74) is 0.795. The molecule has 2 N–H and O–H groups in total. The summed E-state index contributed by atoms with van der Waals surface area (Å²) in [5, 5.41) is 33.0. The number of dihydropyridines is 1. The minimum absolute atomic E-state index is 0.0188. The van der Waals surface area contributed by atoms with Gasteiger partial charge in [0, 0.05) is 29.9 Å². The molecule has 0 aromatic heterocycles. The Hall–Kier alpha value is -4.00. The number of non-ortho nitro benzene ring substituents is 1. The molecule has 2 unspecified atom stereocenters. The number of nitro benzene ring substituents is 1. The maximum Gasteiger partial charge on any atom is 0.336 e. The van der Waals surface area contributed by atoms with E-state index in [0.717, 1.165) is 0 Å². The number of nitrogens with zero attached hydrogens (tertiary/aromatic N) is 2.